The molecule has 1 unspecified atom stereocenters. The summed E-state index contributed by atoms with van der Waals surface area (Å²) in [6.07, 6.45) is -0.918. The summed E-state index contributed by atoms with van der Waals surface area (Å²) in [6, 6.07) is 13.0. The van der Waals surface area contributed by atoms with E-state index in [0.717, 1.165) is 55.7 Å². The Morgan fingerprint density at radius 2 is 1.79 bits per heavy atom. The van der Waals surface area contributed by atoms with Crippen LogP contribution in [0.15, 0.2) is 54.7 Å². The second kappa shape index (κ2) is 12.0. The number of alkyl halides is 3. The fourth-order valence-electron chi connectivity index (χ4n) is 4.50. The zero-order chi connectivity index (χ0) is 27.3. The Labute approximate surface area is 222 Å². The molecular weight excluding hydrogens is 525 g/mol. The fraction of sp³-hybridized carbons (Fsp3) is 0.423. The number of aliphatic hydroxyl groups excluding tert-OH is 1. The monoisotopic (exact) mass is 552 g/mol. The van der Waals surface area contributed by atoms with Crippen molar-refractivity contribution in [2.45, 2.75) is 44.5 Å². The lowest BCUT2D eigenvalue weighted by molar-refractivity contribution is -0.389. The Balaban J connectivity index is 1.19. The molecule has 3 aromatic rings. The van der Waals surface area contributed by atoms with Gasteiger partial charge in [0.25, 0.3) is 0 Å². The van der Waals surface area contributed by atoms with Crippen molar-refractivity contribution >= 4 is 23.1 Å². The third kappa shape index (κ3) is 7.38. The maximum atomic E-state index is 12.8. The molecule has 0 spiro atoms. The number of ether oxygens (including phenoxy) is 1. The van der Waals surface area contributed by atoms with Crippen LogP contribution in [-0.4, -0.2) is 45.4 Å². The lowest BCUT2D eigenvalue weighted by atomic mass is 9.89. The van der Waals surface area contributed by atoms with E-state index in [2.05, 4.69) is 9.88 Å². The predicted octanol–water partition coefficient (Wildman–Crippen LogP) is 5.75. The smallest absolute Gasteiger partial charge is 0.416 e. The Morgan fingerprint density at radius 1 is 1.13 bits per heavy atom. The first-order chi connectivity index (χ1) is 18.1. The molecule has 1 aliphatic heterocycles. The number of hydrogen-bond donors (Lipinski definition) is 1. The summed E-state index contributed by atoms with van der Waals surface area (Å²) in [7, 11) is 0. The number of nitro groups is 1. The first kappa shape index (κ1) is 27.7. The highest BCUT2D eigenvalue weighted by atomic mass is 35.5. The van der Waals surface area contributed by atoms with Crippen molar-refractivity contribution in [3.05, 3.63) is 81.3 Å². The van der Waals surface area contributed by atoms with E-state index in [0.29, 0.717) is 11.7 Å². The van der Waals surface area contributed by atoms with Crippen LogP contribution >= 0.6 is 11.6 Å². The van der Waals surface area contributed by atoms with Gasteiger partial charge in [0.15, 0.2) is 0 Å². The van der Waals surface area contributed by atoms with Gasteiger partial charge in [-0.15, -0.1) is 0 Å². The van der Waals surface area contributed by atoms with Gasteiger partial charge in [0.2, 0.25) is 0 Å². The van der Waals surface area contributed by atoms with Gasteiger partial charge in [-0.05, 0) is 95.1 Å². The average molecular weight is 553 g/mol. The number of hydrogen-bond acceptors (Lipinski definition) is 6. The van der Waals surface area contributed by atoms with E-state index in [9.17, 15) is 28.4 Å². The van der Waals surface area contributed by atoms with Gasteiger partial charge in [-0.2, -0.15) is 13.2 Å². The second-order valence-electron chi connectivity index (χ2n) is 9.40. The zero-order valence-corrected chi connectivity index (χ0v) is 21.2. The van der Waals surface area contributed by atoms with Crippen LogP contribution in [0.3, 0.4) is 0 Å². The molecule has 0 radical (unpaired) electrons. The maximum Gasteiger partial charge on any atom is 0.416 e. The van der Waals surface area contributed by atoms with Crippen LogP contribution in [0, 0.1) is 16.0 Å². The number of piperidine rings is 1. The highest BCUT2D eigenvalue weighted by molar-refractivity contribution is 6.28. The molecule has 1 saturated heterocycles. The normalized spacial score (nSPS) is 15.4. The summed E-state index contributed by atoms with van der Waals surface area (Å²) in [6.45, 7) is 2.04. The van der Waals surface area contributed by atoms with Gasteiger partial charge in [-0.25, -0.2) is 0 Å². The quantitative estimate of drug-likeness (QED) is 0.254. The predicted molar refractivity (Wildman–Crippen MR) is 137 cm³/mol. The van der Waals surface area contributed by atoms with Crippen LogP contribution in [-0.2, 0) is 19.1 Å². The Morgan fingerprint density at radius 3 is 2.37 bits per heavy atom. The van der Waals surface area contributed by atoms with Gasteiger partial charge in [-0.3, -0.25) is 4.57 Å². The Bertz CT molecular complexity index is 1210. The third-order valence-electron chi connectivity index (χ3n) is 6.67. The average Bonchev–Trinajstić information content (AvgIpc) is 3.27. The summed E-state index contributed by atoms with van der Waals surface area (Å²) in [5.41, 5.74) is 1.36. The van der Waals surface area contributed by atoms with Crippen molar-refractivity contribution in [1.29, 1.82) is 0 Å². The number of nitrogens with zero attached hydrogens (tertiary/aromatic N) is 4. The number of benzene rings is 2. The second-order valence-corrected chi connectivity index (χ2v) is 9.73. The summed E-state index contributed by atoms with van der Waals surface area (Å²) >= 11 is 5.88. The topological polar surface area (TPSA) is 93.7 Å². The molecule has 0 aliphatic carbocycles. The molecule has 12 heteroatoms. The van der Waals surface area contributed by atoms with E-state index in [4.69, 9.17) is 16.3 Å². The van der Waals surface area contributed by atoms with Gasteiger partial charge in [0.1, 0.15) is 18.6 Å². The number of halogens is 4. The molecule has 1 aliphatic rings. The van der Waals surface area contributed by atoms with Crippen molar-refractivity contribution in [2.75, 3.05) is 24.6 Å². The van der Waals surface area contributed by atoms with E-state index < -0.39 is 22.8 Å². The van der Waals surface area contributed by atoms with Crippen LogP contribution < -0.4 is 9.64 Å². The summed E-state index contributed by atoms with van der Waals surface area (Å²) in [5, 5.41) is 21.0. The highest BCUT2D eigenvalue weighted by Crippen LogP contribution is 2.31. The Kier molecular flexibility index (Phi) is 8.78. The molecule has 0 amide bonds. The fourth-order valence-corrected chi connectivity index (χ4v) is 4.72. The Hall–Kier alpha value is -3.31. The van der Waals surface area contributed by atoms with Crippen LogP contribution in [0.1, 0.15) is 30.4 Å². The number of anilines is 1. The van der Waals surface area contributed by atoms with E-state index in [1.807, 2.05) is 24.3 Å². The number of rotatable bonds is 10. The lowest BCUT2D eigenvalue weighted by Gasteiger charge is -2.33. The minimum atomic E-state index is -4.31. The lowest BCUT2D eigenvalue weighted by Crippen LogP contribution is -2.34. The van der Waals surface area contributed by atoms with Crippen molar-refractivity contribution in [3.8, 4) is 5.75 Å². The minimum Gasteiger partial charge on any atom is -0.491 e. The third-order valence-corrected chi connectivity index (χ3v) is 6.97. The molecule has 38 heavy (non-hydrogen) atoms. The molecule has 2 aromatic carbocycles. The molecular formula is C26H28ClF3N4O4. The largest absolute Gasteiger partial charge is 0.491 e. The van der Waals surface area contributed by atoms with Gasteiger partial charge in [0, 0.05) is 25.3 Å². The van der Waals surface area contributed by atoms with E-state index >= 15 is 0 Å². The summed E-state index contributed by atoms with van der Waals surface area (Å²) < 4.78 is 45.4. The van der Waals surface area contributed by atoms with E-state index in [1.165, 1.54) is 10.8 Å². The van der Waals surface area contributed by atoms with Crippen LogP contribution in [0.5, 0.6) is 5.75 Å². The van der Waals surface area contributed by atoms with E-state index in [1.54, 1.807) is 12.1 Å². The molecule has 1 atom stereocenters. The van der Waals surface area contributed by atoms with Gasteiger partial charge in [0.05, 0.1) is 11.7 Å². The molecule has 0 bridgehead atoms. The van der Waals surface area contributed by atoms with Gasteiger partial charge >= 0.3 is 17.3 Å². The molecule has 0 saturated carbocycles. The van der Waals surface area contributed by atoms with Crippen LogP contribution in [0.25, 0.3) is 0 Å². The molecule has 4 rings (SSSR count). The molecule has 2 heterocycles. The highest BCUT2D eigenvalue weighted by Gasteiger charge is 2.30. The van der Waals surface area contributed by atoms with Crippen LogP contribution in [0.4, 0.5) is 24.7 Å². The first-order valence-corrected chi connectivity index (χ1v) is 12.7. The summed E-state index contributed by atoms with van der Waals surface area (Å²) in [5.74, 6) is 0.695. The number of aliphatic hydroxyl groups is 1. The van der Waals surface area contributed by atoms with Crippen molar-refractivity contribution in [3.63, 3.8) is 0 Å². The number of aromatic nitrogens is 2. The van der Waals surface area contributed by atoms with Crippen molar-refractivity contribution in [2.24, 2.45) is 5.92 Å². The standard InChI is InChI=1S/C26H28ClF3N4O4/c27-25-31-24(34(36)37)16-33(25)14-11-22(35)17-38-23-7-5-21(6-8-23)32-12-9-19(10-13-32)15-18-1-3-20(4-2-18)26(28,29)30/h1-8,16,19,22,35H,9-15,17H2. The van der Waals surface area contributed by atoms with E-state index in [-0.39, 0.29) is 30.7 Å². The first-order valence-electron chi connectivity index (χ1n) is 12.3. The summed E-state index contributed by atoms with van der Waals surface area (Å²) in [4.78, 5) is 16.1. The number of imidazole rings is 1. The van der Waals surface area contributed by atoms with Gasteiger partial charge in [-0.1, -0.05) is 12.1 Å². The molecule has 1 fully saturated rings. The molecule has 1 aromatic heterocycles. The zero-order valence-electron chi connectivity index (χ0n) is 20.5. The van der Waals surface area contributed by atoms with Crippen molar-refractivity contribution in [1.82, 2.24) is 9.55 Å². The number of aryl methyl sites for hydroxylation is 1. The van der Waals surface area contributed by atoms with Crippen molar-refractivity contribution < 1.29 is 27.9 Å². The molecule has 8 nitrogen and oxygen atoms in total. The van der Waals surface area contributed by atoms with Gasteiger partial charge < -0.3 is 24.9 Å². The van der Waals surface area contributed by atoms with Crippen LogP contribution in [0.2, 0.25) is 5.28 Å². The molecule has 204 valence electrons. The maximum absolute atomic E-state index is 12.8. The SMILES string of the molecule is O=[N+]([O-])c1cn(CCC(O)COc2ccc(N3CCC(Cc4ccc(C(F)(F)F)cc4)CC3)cc2)c(Cl)n1. The molecule has 1 N–H and O–H groups in total. The minimum absolute atomic E-state index is 0.0102.